The van der Waals surface area contributed by atoms with Crippen LogP contribution >= 0.6 is 0 Å². The zero-order chi connectivity index (χ0) is 18.2. The van der Waals surface area contributed by atoms with Gasteiger partial charge >= 0.3 is 0 Å². The normalized spacial score (nSPS) is 20.9. The number of carbonyl (C=O) groups excluding carboxylic acids is 1. The second-order valence-corrected chi connectivity index (χ2v) is 7.79. The summed E-state index contributed by atoms with van der Waals surface area (Å²) in [6, 6.07) is 9.64. The van der Waals surface area contributed by atoms with Crippen molar-refractivity contribution in [2.75, 3.05) is 39.3 Å². The fraction of sp³-hybridized carbons (Fsp3) is 0.682. The highest BCUT2D eigenvalue weighted by molar-refractivity contribution is 5.76. The summed E-state index contributed by atoms with van der Waals surface area (Å²) < 4.78 is 0. The smallest absolute Gasteiger partial charge is 0.223 e. The number of unbranched alkanes of at least 4 members (excludes halogenated alkanes) is 1. The summed E-state index contributed by atoms with van der Waals surface area (Å²) in [4.78, 5) is 16.9. The van der Waals surface area contributed by atoms with Crippen molar-refractivity contribution < 1.29 is 4.79 Å². The third-order valence-electron chi connectivity index (χ3n) is 5.90. The quantitative estimate of drug-likeness (QED) is 0.727. The highest BCUT2D eigenvalue weighted by atomic mass is 16.2. The molecule has 0 bridgehead atoms. The largest absolute Gasteiger partial charge is 0.341 e. The number of rotatable bonds is 8. The SMILES string of the molecule is CCCN(CCCCN1CCNCCC1=O)C1CCc2ccccc2C1. The molecule has 1 unspecified atom stereocenters. The van der Waals surface area contributed by atoms with Crippen LogP contribution in [0.2, 0.25) is 0 Å². The molecule has 4 nitrogen and oxygen atoms in total. The molecule has 1 aromatic rings. The summed E-state index contributed by atoms with van der Waals surface area (Å²) in [6.07, 6.45) is 7.89. The van der Waals surface area contributed by atoms with Crippen molar-refractivity contribution in [2.45, 2.75) is 57.9 Å². The molecule has 144 valence electrons. The lowest BCUT2D eigenvalue weighted by Crippen LogP contribution is -2.40. The molecule has 0 saturated carbocycles. The maximum absolute atomic E-state index is 12.1. The van der Waals surface area contributed by atoms with Gasteiger partial charge in [-0.2, -0.15) is 0 Å². The minimum atomic E-state index is 0.323. The first-order valence-corrected chi connectivity index (χ1v) is 10.6. The van der Waals surface area contributed by atoms with Crippen LogP contribution in [0.5, 0.6) is 0 Å². The van der Waals surface area contributed by atoms with E-state index in [4.69, 9.17) is 0 Å². The van der Waals surface area contributed by atoms with Gasteiger partial charge < -0.3 is 15.1 Å². The maximum Gasteiger partial charge on any atom is 0.223 e. The van der Waals surface area contributed by atoms with E-state index >= 15 is 0 Å². The summed E-state index contributed by atoms with van der Waals surface area (Å²) in [6.45, 7) is 8.22. The summed E-state index contributed by atoms with van der Waals surface area (Å²) in [5.74, 6) is 0.323. The highest BCUT2D eigenvalue weighted by Crippen LogP contribution is 2.25. The van der Waals surface area contributed by atoms with E-state index in [0.29, 0.717) is 18.4 Å². The van der Waals surface area contributed by atoms with E-state index < -0.39 is 0 Å². The number of hydrogen-bond acceptors (Lipinski definition) is 3. The molecule has 0 radical (unpaired) electrons. The summed E-state index contributed by atoms with van der Waals surface area (Å²) in [5, 5.41) is 3.31. The molecule has 0 aromatic heterocycles. The molecular weight excluding hydrogens is 322 g/mol. The number of carbonyl (C=O) groups is 1. The minimum Gasteiger partial charge on any atom is -0.341 e. The summed E-state index contributed by atoms with van der Waals surface area (Å²) in [5.41, 5.74) is 3.10. The first-order chi connectivity index (χ1) is 12.8. The molecular formula is C22H35N3O. The fourth-order valence-electron chi connectivity index (χ4n) is 4.43. The van der Waals surface area contributed by atoms with Crippen molar-refractivity contribution in [2.24, 2.45) is 0 Å². The van der Waals surface area contributed by atoms with Gasteiger partial charge in [0.1, 0.15) is 0 Å². The number of amides is 1. The van der Waals surface area contributed by atoms with E-state index in [1.54, 1.807) is 11.1 Å². The van der Waals surface area contributed by atoms with Crippen molar-refractivity contribution in [1.29, 1.82) is 0 Å². The van der Waals surface area contributed by atoms with E-state index in [2.05, 4.69) is 46.3 Å². The molecule has 1 atom stereocenters. The van der Waals surface area contributed by atoms with Gasteiger partial charge in [-0.25, -0.2) is 0 Å². The number of nitrogens with zero attached hydrogens (tertiary/aromatic N) is 2. The molecule has 1 aliphatic heterocycles. The first-order valence-electron chi connectivity index (χ1n) is 10.6. The fourth-order valence-corrected chi connectivity index (χ4v) is 4.43. The van der Waals surface area contributed by atoms with Gasteiger partial charge in [0, 0.05) is 38.6 Å². The molecule has 0 spiro atoms. The van der Waals surface area contributed by atoms with Gasteiger partial charge in [0.2, 0.25) is 5.91 Å². The molecule has 1 fully saturated rings. The van der Waals surface area contributed by atoms with Gasteiger partial charge in [-0.05, 0) is 62.7 Å². The van der Waals surface area contributed by atoms with Crippen molar-refractivity contribution >= 4 is 5.91 Å². The number of aryl methyl sites for hydroxylation is 1. The molecule has 1 saturated heterocycles. The van der Waals surface area contributed by atoms with E-state index in [1.165, 1.54) is 45.2 Å². The lowest BCUT2D eigenvalue weighted by molar-refractivity contribution is -0.130. The molecule has 1 heterocycles. The van der Waals surface area contributed by atoms with Crippen LogP contribution in [-0.2, 0) is 17.6 Å². The molecule has 2 aliphatic rings. The van der Waals surface area contributed by atoms with Crippen LogP contribution in [0, 0.1) is 0 Å². The van der Waals surface area contributed by atoms with Crippen LogP contribution < -0.4 is 5.32 Å². The third kappa shape index (κ3) is 5.31. The van der Waals surface area contributed by atoms with Crippen LogP contribution in [0.1, 0.15) is 50.2 Å². The van der Waals surface area contributed by atoms with Crippen molar-refractivity contribution in [3.63, 3.8) is 0 Å². The lowest BCUT2D eigenvalue weighted by atomic mass is 9.87. The van der Waals surface area contributed by atoms with Gasteiger partial charge in [-0.3, -0.25) is 4.79 Å². The topological polar surface area (TPSA) is 35.6 Å². The highest BCUT2D eigenvalue weighted by Gasteiger charge is 2.23. The Balaban J connectivity index is 1.46. The van der Waals surface area contributed by atoms with Crippen molar-refractivity contribution in [3.8, 4) is 0 Å². The third-order valence-corrected chi connectivity index (χ3v) is 5.90. The maximum atomic E-state index is 12.1. The Hall–Kier alpha value is -1.39. The Labute approximate surface area is 158 Å². The van der Waals surface area contributed by atoms with Gasteiger partial charge in [0.25, 0.3) is 0 Å². The van der Waals surface area contributed by atoms with Crippen LogP contribution in [0.4, 0.5) is 0 Å². The predicted molar refractivity (Wildman–Crippen MR) is 107 cm³/mol. The molecule has 3 rings (SSSR count). The lowest BCUT2D eigenvalue weighted by Gasteiger charge is -2.35. The zero-order valence-corrected chi connectivity index (χ0v) is 16.4. The Morgan fingerprint density at radius 2 is 1.96 bits per heavy atom. The second kappa shape index (κ2) is 10.1. The van der Waals surface area contributed by atoms with E-state index in [9.17, 15) is 4.79 Å². The van der Waals surface area contributed by atoms with Crippen LogP contribution in [-0.4, -0.2) is 61.0 Å². The van der Waals surface area contributed by atoms with Crippen LogP contribution in [0.25, 0.3) is 0 Å². The van der Waals surface area contributed by atoms with Gasteiger partial charge in [-0.15, -0.1) is 0 Å². The van der Waals surface area contributed by atoms with Crippen LogP contribution in [0.15, 0.2) is 24.3 Å². The number of nitrogens with one attached hydrogen (secondary N) is 1. The van der Waals surface area contributed by atoms with Gasteiger partial charge in [0.15, 0.2) is 0 Å². The molecule has 1 N–H and O–H groups in total. The Kier molecular flexibility index (Phi) is 7.51. The Bertz CT molecular complexity index is 574. The average Bonchev–Trinajstić information content (AvgIpc) is 2.88. The summed E-state index contributed by atoms with van der Waals surface area (Å²) in [7, 11) is 0. The van der Waals surface area contributed by atoms with E-state index in [1.807, 2.05) is 0 Å². The second-order valence-electron chi connectivity index (χ2n) is 7.79. The number of hydrogen-bond donors (Lipinski definition) is 1. The van der Waals surface area contributed by atoms with E-state index in [0.717, 1.165) is 32.6 Å². The molecule has 4 heteroatoms. The summed E-state index contributed by atoms with van der Waals surface area (Å²) >= 11 is 0. The molecule has 1 amide bonds. The number of benzene rings is 1. The predicted octanol–water partition coefficient (Wildman–Crippen LogP) is 2.86. The van der Waals surface area contributed by atoms with Crippen LogP contribution in [0.3, 0.4) is 0 Å². The average molecular weight is 358 g/mol. The molecule has 26 heavy (non-hydrogen) atoms. The molecule has 1 aromatic carbocycles. The number of fused-ring (bicyclic) bond motifs is 1. The molecule has 1 aliphatic carbocycles. The minimum absolute atomic E-state index is 0.323. The van der Waals surface area contributed by atoms with Gasteiger partial charge in [0.05, 0.1) is 0 Å². The Morgan fingerprint density at radius 1 is 1.12 bits per heavy atom. The van der Waals surface area contributed by atoms with Gasteiger partial charge in [-0.1, -0.05) is 31.2 Å². The van der Waals surface area contributed by atoms with Crippen molar-refractivity contribution in [1.82, 2.24) is 15.1 Å². The zero-order valence-electron chi connectivity index (χ0n) is 16.4. The monoisotopic (exact) mass is 357 g/mol. The van der Waals surface area contributed by atoms with E-state index in [-0.39, 0.29) is 0 Å². The van der Waals surface area contributed by atoms with Crippen molar-refractivity contribution in [3.05, 3.63) is 35.4 Å². The standard InChI is InChI=1S/C22H35N3O/c1-2-14-24(21-10-9-19-7-3-4-8-20(19)18-21)15-5-6-16-25-17-13-23-12-11-22(25)26/h3-4,7-8,21,23H,2,5-6,9-18H2,1H3. The Morgan fingerprint density at radius 3 is 2.81 bits per heavy atom. The first kappa shape index (κ1) is 19.4.